The number of hydrogen-bond acceptors (Lipinski definition) is 5. The first-order valence-electron chi connectivity index (χ1n) is 13.6. The van der Waals surface area contributed by atoms with E-state index in [1.165, 1.54) is 5.56 Å². The molecule has 204 valence electrons. The highest BCUT2D eigenvalue weighted by Crippen LogP contribution is 2.37. The summed E-state index contributed by atoms with van der Waals surface area (Å²) in [5.41, 5.74) is 4.32. The van der Waals surface area contributed by atoms with E-state index in [0.717, 1.165) is 69.4 Å². The summed E-state index contributed by atoms with van der Waals surface area (Å²) >= 11 is 0. The monoisotopic (exact) mass is 524 g/mol. The van der Waals surface area contributed by atoms with Crippen LogP contribution in [0.25, 0.3) is 10.8 Å². The van der Waals surface area contributed by atoms with Crippen molar-refractivity contribution < 1.29 is 14.2 Å². The fraction of sp³-hybridized carbons (Fsp3) is 0.294. The maximum atomic E-state index is 6.36. The number of nitrogens with one attached hydrogen (secondary N) is 2. The lowest BCUT2D eigenvalue weighted by Crippen LogP contribution is -2.14. The van der Waals surface area contributed by atoms with Gasteiger partial charge in [0.2, 0.25) is 0 Å². The molecule has 0 radical (unpaired) electrons. The van der Waals surface area contributed by atoms with E-state index in [0.29, 0.717) is 0 Å². The van der Waals surface area contributed by atoms with Crippen molar-refractivity contribution in [2.75, 3.05) is 24.9 Å². The van der Waals surface area contributed by atoms with E-state index in [1.54, 1.807) is 14.2 Å². The van der Waals surface area contributed by atoms with E-state index in [1.807, 2.05) is 36.4 Å². The number of allylic oxidation sites excluding steroid dienone is 1. The second kappa shape index (κ2) is 12.2. The number of benzene rings is 4. The van der Waals surface area contributed by atoms with E-state index in [4.69, 9.17) is 14.2 Å². The molecule has 0 amide bonds. The van der Waals surface area contributed by atoms with Crippen molar-refractivity contribution in [1.29, 1.82) is 0 Å². The minimum absolute atomic E-state index is 0.0255. The third-order valence-corrected chi connectivity index (χ3v) is 6.76. The van der Waals surface area contributed by atoms with Gasteiger partial charge in [0.25, 0.3) is 0 Å². The molecule has 0 saturated heterocycles. The molecule has 0 heterocycles. The van der Waals surface area contributed by atoms with Gasteiger partial charge in [-0.1, -0.05) is 71.0 Å². The van der Waals surface area contributed by atoms with Crippen LogP contribution in [0.2, 0.25) is 0 Å². The number of rotatable bonds is 10. The molecule has 0 spiro atoms. The van der Waals surface area contributed by atoms with Crippen molar-refractivity contribution >= 4 is 22.1 Å². The summed E-state index contributed by atoms with van der Waals surface area (Å²) in [6.07, 6.45) is 3.91. The summed E-state index contributed by atoms with van der Waals surface area (Å²) in [7, 11) is 3.39. The molecule has 39 heavy (non-hydrogen) atoms. The molecular weight excluding hydrogens is 484 g/mol. The van der Waals surface area contributed by atoms with E-state index < -0.39 is 0 Å². The summed E-state index contributed by atoms with van der Waals surface area (Å²) in [6, 6.07) is 24.6. The summed E-state index contributed by atoms with van der Waals surface area (Å²) in [4.78, 5) is 0. The largest absolute Gasteiger partial charge is 0.496 e. The lowest BCUT2D eigenvalue weighted by atomic mass is 9.87. The molecule has 0 aromatic heterocycles. The van der Waals surface area contributed by atoms with Crippen molar-refractivity contribution in [2.45, 2.75) is 52.9 Å². The molecule has 4 rings (SSSR count). The quantitative estimate of drug-likeness (QED) is 0.216. The Kier molecular flexibility index (Phi) is 8.70. The van der Waals surface area contributed by atoms with Gasteiger partial charge in [-0.3, -0.25) is 0 Å². The molecule has 0 bridgehead atoms. The SMILES string of the molecule is CCC=C(Nc1cc(C(C)(C)C)ccc1OC)Nc1ccc(Oc2ccc(CC)c(OC)c2)c2ccccc12. The number of aryl methyl sites for hydroxylation is 1. The molecule has 4 aromatic carbocycles. The Balaban J connectivity index is 1.66. The lowest BCUT2D eigenvalue weighted by molar-refractivity contribution is 0.405. The van der Waals surface area contributed by atoms with Crippen LogP contribution in [0.1, 0.15) is 52.2 Å². The molecular formula is C34H40N2O3. The van der Waals surface area contributed by atoms with Gasteiger partial charge in [-0.25, -0.2) is 0 Å². The van der Waals surface area contributed by atoms with Crippen LogP contribution in [0.3, 0.4) is 0 Å². The molecule has 5 heteroatoms. The van der Waals surface area contributed by atoms with Crippen LogP contribution in [0.5, 0.6) is 23.0 Å². The Hall–Kier alpha value is -4.12. The first-order valence-corrected chi connectivity index (χ1v) is 13.6. The maximum absolute atomic E-state index is 6.36. The summed E-state index contributed by atoms with van der Waals surface area (Å²) in [5.74, 6) is 4.06. The topological polar surface area (TPSA) is 51.8 Å². The van der Waals surface area contributed by atoms with Gasteiger partial charge in [0.1, 0.15) is 28.8 Å². The first-order chi connectivity index (χ1) is 18.8. The van der Waals surface area contributed by atoms with Crippen molar-refractivity contribution in [3.8, 4) is 23.0 Å². The van der Waals surface area contributed by atoms with Crippen molar-refractivity contribution in [3.05, 3.63) is 95.8 Å². The molecule has 0 aliphatic heterocycles. The van der Waals surface area contributed by atoms with Crippen molar-refractivity contribution in [2.24, 2.45) is 0 Å². The molecule has 2 N–H and O–H groups in total. The molecule has 0 saturated carbocycles. The zero-order valence-electron chi connectivity index (χ0n) is 24.1. The van der Waals surface area contributed by atoms with Crippen LogP contribution in [-0.2, 0) is 11.8 Å². The second-order valence-corrected chi connectivity index (χ2v) is 10.5. The highest BCUT2D eigenvalue weighted by Gasteiger charge is 2.17. The minimum Gasteiger partial charge on any atom is -0.496 e. The number of fused-ring (bicyclic) bond motifs is 1. The number of ether oxygens (including phenoxy) is 3. The maximum Gasteiger partial charge on any atom is 0.142 e. The third kappa shape index (κ3) is 6.48. The lowest BCUT2D eigenvalue weighted by Gasteiger charge is -2.23. The molecule has 0 aliphatic carbocycles. The predicted octanol–water partition coefficient (Wildman–Crippen LogP) is 9.28. The van der Waals surface area contributed by atoms with Gasteiger partial charge in [0.15, 0.2) is 0 Å². The van der Waals surface area contributed by atoms with Gasteiger partial charge in [-0.2, -0.15) is 0 Å². The molecule has 0 atom stereocenters. The van der Waals surface area contributed by atoms with Crippen molar-refractivity contribution in [3.63, 3.8) is 0 Å². The van der Waals surface area contributed by atoms with E-state index in [-0.39, 0.29) is 5.41 Å². The Morgan fingerprint density at radius 1 is 0.744 bits per heavy atom. The standard InChI is InChI=1S/C34H40N2O3/c1-8-12-33(36-29-21-24(34(3,4)5)16-19-31(29)37-6)35-28-18-20-30(27-14-11-10-13-26(27)28)39-25-17-15-23(9-2)32(22-25)38-7/h10-22,35-36H,8-9H2,1-7H3. The molecule has 4 aromatic rings. The fourth-order valence-corrected chi connectivity index (χ4v) is 4.58. The van der Waals surface area contributed by atoms with Crippen molar-refractivity contribution in [1.82, 2.24) is 0 Å². The Morgan fingerprint density at radius 2 is 1.44 bits per heavy atom. The third-order valence-electron chi connectivity index (χ3n) is 6.76. The smallest absolute Gasteiger partial charge is 0.142 e. The predicted molar refractivity (Wildman–Crippen MR) is 164 cm³/mol. The van der Waals surface area contributed by atoms with E-state index >= 15 is 0 Å². The van der Waals surface area contributed by atoms with Gasteiger partial charge < -0.3 is 24.8 Å². The normalized spacial score (nSPS) is 11.8. The summed E-state index contributed by atoms with van der Waals surface area (Å²) in [5, 5.41) is 9.29. The van der Waals surface area contributed by atoms with E-state index in [9.17, 15) is 0 Å². The van der Waals surface area contributed by atoms with E-state index in [2.05, 4.69) is 87.7 Å². The number of hydrogen-bond donors (Lipinski definition) is 2. The van der Waals surface area contributed by atoms with Gasteiger partial charge in [0, 0.05) is 22.5 Å². The first kappa shape index (κ1) is 27.9. The Bertz CT molecular complexity index is 1470. The van der Waals surface area contributed by atoms with Gasteiger partial charge in [-0.05, 0) is 65.8 Å². The average molecular weight is 525 g/mol. The molecule has 0 unspecified atom stereocenters. The molecule has 0 fully saturated rings. The highest BCUT2D eigenvalue weighted by atomic mass is 16.5. The molecule has 5 nitrogen and oxygen atoms in total. The average Bonchev–Trinajstić information content (AvgIpc) is 2.93. The highest BCUT2D eigenvalue weighted by molar-refractivity contribution is 5.98. The van der Waals surface area contributed by atoms with Crippen LogP contribution < -0.4 is 24.8 Å². The number of methoxy groups -OCH3 is 2. The molecule has 0 aliphatic rings. The van der Waals surface area contributed by atoms with Gasteiger partial charge >= 0.3 is 0 Å². The van der Waals surface area contributed by atoms with Crippen LogP contribution in [0, 0.1) is 0 Å². The Labute approximate surface area is 232 Å². The zero-order chi connectivity index (χ0) is 28.0. The minimum atomic E-state index is 0.0255. The van der Waals surface area contributed by atoms with Crippen LogP contribution in [-0.4, -0.2) is 14.2 Å². The zero-order valence-corrected chi connectivity index (χ0v) is 24.1. The Morgan fingerprint density at radius 3 is 2.10 bits per heavy atom. The van der Waals surface area contributed by atoms with Gasteiger partial charge in [-0.15, -0.1) is 0 Å². The summed E-state index contributed by atoms with van der Waals surface area (Å²) in [6.45, 7) is 10.9. The summed E-state index contributed by atoms with van der Waals surface area (Å²) < 4.78 is 17.6. The van der Waals surface area contributed by atoms with Crippen LogP contribution >= 0.6 is 0 Å². The number of anilines is 2. The fourth-order valence-electron chi connectivity index (χ4n) is 4.58. The van der Waals surface area contributed by atoms with Crippen LogP contribution in [0.4, 0.5) is 11.4 Å². The van der Waals surface area contributed by atoms with Crippen LogP contribution in [0.15, 0.2) is 84.7 Å². The van der Waals surface area contributed by atoms with Gasteiger partial charge in [0.05, 0.1) is 19.9 Å². The second-order valence-electron chi connectivity index (χ2n) is 10.5.